The molecule has 13 nitrogen and oxygen atoms in total. The lowest BCUT2D eigenvalue weighted by Gasteiger charge is -2.40. The number of aliphatic hydroxyl groups excluding tert-OH is 6. The number of ether oxygens (including phenoxy) is 6. The second-order valence-electron chi connectivity index (χ2n) is 11.4. The van der Waals surface area contributed by atoms with Gasteiger partial charge in [0.1, 0.15) is 48.5 Å². The molecule has 45 heavy (non-hydrogen) atoms. The number of aromatic hydroxyl groups is 1. The summed E-state index contributed by atoms with van der Waals surface area (Å²) in [7, 11) is 2.89. The van der Waals surface area contributed by atoms with E-state index in [1.165, 1.54) is 14.2 Å². The minimum atomic E-state index is -1.70. The van der Waals surface area contributed by atoms with Crippen molar-refractivity contribution in [1.82, 2.24) is 0 Å². The molecule has 9 unspecified atom stereocenters. The number of aliphatic hydroxyl groups is 6. The van der Waals surface area contributed by atoms with Crippen molar-refractivity contribution >= 4 is 0 Å². The molecule has 7 N–H and O–H groups in total. The topological polar surface area (TPSA) is 197 Å². The number of hydrogen-bond donors (Lipinski definition) is 7. The predicted octanol–water partition coefficient (Wildman–Crippen LogP) is 0.543. The summed E-state index contributed by atoms with van der Waals surface area (Å²) in [6.45, 7) is -0.971. The highest BCUT2D eigenvalue weighted by Crippen LogP contribution is 2.50. The van der Waals surface area contributed by atoms with Crippen LogP contribution in [-0.4, -0.2) is 118 Å². The normalized spacial score (nSPS) is 32.6. The number of aryl methyl sites for hydroxylation is 2. The molecule has 2 fully saturated rings. The summed E-state index contributed by atoms with van der Waals surface area (Å²) in [5.74, 6) is 0.690. The molecule has 3 aliphatic rings. The van der Waals surface area contributed by atoms with Crippen LogP contribution >= 0.6 is 0 Å². The van der Waals surface area contributed by atoms with Crippen molar-refractivity contribution in [3.63, 3.8) is 0 Å². The lowest BCUT2D eigenvalue weighted by atomic mass is 9.95. The zero-order valence-corrected chi connectivity index (χ0v) is 25.2. The average Bonchev–Trinajstić information content (AvgIpc) is 3.32. The second-order valence-corrected chi connectivity index (χ2v) is 11.4. The predicted molar refractivity (Wildman–Crippen MR) is 158 cm³/mol. The molecule has 2 aromatic carbocycles. The van der Waals surface area contributed by atoms with Gasteiger partial charge in [-0.15, -0.1) is 0 Å². The van der Waals surface area contributed by atoms with Crippen molar-refractivity contribution in [2.75, 3.05) is 27.4 Å². The molecule has 0 saturated carbocycles. The van der Waals surface area contributed by atoms with Gasteiger partial charge in [-0.3, -0.25) is 0 Å². The first kappa shape index (κ1) is 33.4. The molecule has 13 heteroatoms. The van der Waals surface area contributed by atoms with Gasteiger partial charge >= 0.3 is 0 Å². The standard InChI is InChI=1S/C32H42O13/c1-40-29-19-13-17(9-7-5-3-4-6-8-16-10-11-20(34)18(19)12-16)28(30(29)41-2)45-32-27(39)25(37)24(36)22(44-32)15-42-31-26(38)23(35)21(14-33)43-31/h3-4,10-13,21-27,31-39H,5-9,14-15H2,1-2H3/b4-3+. The smallest absolute Gasteiger partial charge is 0.229 e. The number of phenols is 1. The van der Waals surface area contributed by atoms with Gasteiger partial charge in [0.05, 0.1) is 27.4 Å². The molecule has 0 aromatic heterocycles. The number of hydrogen-bond acceptors (Lipinski definition) is 13. The van der Waals surface area contributed by atoms with Crippen LogP contribution < -0.4 is 14.2 Å². The Bertz CT molecular complexity index is 1330. The van der Waals surface area contributed by atoms with Crippen LogP contribution in [0.3, 0.4) is 0 Å². The highest BCUT2D eigenvalue weighted by atomic mass is 16.7. The number of methoxy groups -OCH3 is 2. The van der Waals surface area contributed by atoms with E-state index in [1.54, 1.807) is 6.07 Å². The second kappa shape index (κ2) is 14.6. The van der Waals surface area contributed by atoms with Gasteiger partial charge in [0.15, 0.2) is 17.8 Å². The highest BCUT2D eigenvalue weighted by Gasteiger charge is 2.48. The van der Waals surface area contributed by atoms with Gasteiger partial charge in [0.2, 0.25) is 12.0 Å². The minimum absolute atomic E-state index is 0.0595. The summed E-state index contributed by atoms with van der Waals surface area (Å²) in [6, 6.07) is 7.26. The van der Waals surface area contributed by atoms with E-state index in [2.05, 4.69) is 12.2 Å². The van der Waals surface area contributed by atoms with E-state index >= 15 is 0 Å². The van der Waals surface area contributed by atoms with Crippen LogP contribution in [0.5, 0.6) is 23.0 Å². The van der Waals surface area contributed by atoms with Gasteiger partial charge in [0.25, 0.3) is 0 Å². The Balaban J connectivity index is 1.47. The van der Waals surface area contributed by atoms with E-state index in [9.17, 15) is 35.7 Å². The molecular formula is C32H42O13. The summed E-state index contributed by atoms with van der Waals surface area (Å²) in [6.07, 6.45) is -5.09. The fourth-order valence-corrected chi connectivity index (χ4v) is 5.89. The van der Waals surface area contributed by atoms with Gasteiger partial charge in [-0.25, -0.2) is 0 Å². The number of fused-ring (bicyclic) bond motifs is 5. The Kier molecular flexibility index (Phi) is 10.9. The molecule has 248 valence electrons. The van der Waals surface area contributed by atoms with Gasteiger partial charge in [-0.05, 0) is 61.4 Å². The molecule has 0 spiro atoms. The fraction of sp³-hybridized carbons (Fsp3) is 0.562. The van der Waals surface area contributed by atoms with Crippen LogP contribution in [0.15, 0.2) is 36.4 Å². The Morgan fingerprint density at radius 2 is 1.42 bits per heavy atom. The summed E-state index contributed by atoms with van der Waals surface area (Å²) >= 11 is 0. The van der Waals surface area contributed by atoms with Crippen LogP contribution in [0.2, 0.25) is 0 Å². The van der Waals surface area contributed by atoms with Crippen LogP contribution in [0.1, 0.15) is 30.4 Å². The summed E-state index contributed by atoms with van der Waals surface area (Å²) in [5.41, 5.74) is 2.82. The van der Waals surface area contributed by atoms with Gasteiger partial charge in [0, 0.05) is 11.1 Å². The highest BCUT2D eigenvalue weighted by molar-refractivity contribution is 5.81. The summed E-state index contributed by atoms with van der Waals surface area (Å²) in [4.78, 5) is 0. The van der Waals surface area contributed by atoms with E-state index in [0.29, 0.717) is 23.1 Å². The Morgan fingerprint density at radius 1 is 0.733 bits per heavy atom. The first-order chi connectivity index (χ1) is 21.7. The zero-order valence-electron chi connectivity index (χ0n) is 25.2. The molecule has 4 bridgehead atoms. The van der Waals surface area contributed by atoms with Crippen LogP contribution in [-0.2, 0) is 27.1 Å². The van der Waals surface area contributed by atoms with Crippen molar-refractivity contribution in [3.05, 3.63) is 47.5 Å². The molecule has 2 aromatic rings. The molecule has 2 saturated heterocycles. The molecule has 0 radical (unpaired) electrons. The maximum atomic E-state index is 10.9. The Labute approximate surface area is 260 Å². The van der Waals surface area contributed by atoms with E-state index in [-0.39, 0.29) is 23.0 Å². The third kappa shape index (κ3) is 6.92. The first-order valence-electron chi connectivity index (χ1n) is 15.0. The first-order valence-corrected chi connectivity index (χ1v) is 15.0. The lowest BCUT2D eigenvalue weighted by Crippen LogP contribution is -2.60. The van der Waals surface area contributed by atoms with Crippen LogP contribution in [0.25, 0.3) is 11.1 Å². The van der Waals surface area contributed by atoms with Gasteiger partial charge in [-0.1, -0.05) is 18.2 Å². The maximum Gasteiger partial charge on any atom is 0.229 e. The number of phenolic OH excluding ortho intramolecular Hbond substituents is 1. The molecular weight excluding hydrogens is 592 g/mol. The Hall–Kier alpha value is -2.98. The molecule has 2 heterocycles. The van der Waals surface area contributed by atoms with E-state index in [4.69, 9.17) is 28.4 Å². The quantitative estimate of drug-likeness (QED) is 0.199. The number of benzene rings is 2. The van der Waals surface area contributed by atoms with Crippen molar-refractivity contribution < 1.29 is 64.2 Å². The van der Waals surface area contributed by atoms with Crippen LogP contribution in [0, 0.1) is 0 Å². The molecule has 1 aliphatic carbocycles. The molecule has 2 aliphatic heterocycles. The van der Waals surface area contributed by atoms with Crippen LogP contribution in [0.4, 0.5) is 0 Å². The van der Waals surface area contributed by atoms with Crippen molar-refractivity contribution in [2.24, 2.45) is 0 Å². The molecule has 5 rings (SSSR count). The summed E-state index contributed by atoms with van der Waals surface area (Å²) < 4.78 is 34.5. The van der Waals surface area contributed by atoms with Gasteiger partial charge in [-0.2, -0.15) is 0 Å². The summed E-state index contributed by atoms with van der Waals surface area (Å²) in [5, 5.41) is 72.7. The van der Waals surface area contributed by atoms with Crippen molar-refractivity contribution in [2.45, 2.75) is 87.4 Å². The number of allylic oxidation sites excluding steroid dienone is 2. The average molecular weight is 635 g/mol. The molecule has 0 amide bonds. The third-order valence-corrected chi connectivity index (χ3v) is 8.44. The minimum Gasteiger partial charge on any atom is -0.507 e. The maximum absolute atomic E-state index is 10.9. The molecule has 9 atom stereocenters. The van der Waals surface area contributed by atoms with E-state index in [1.807, 2.05) is 18.2 Å². The van der Waals surface area contributed by atoms with Gasteiger partial charge < -0.3 is 64.2 Å². The van der Waals surface area contributed by atoms with Crippen molar-refractivity contribution in [3.8, 4) is 34.1 Å². The monoisotopic (exact) mass is 634 g/mol. The fourth-order valence-electron chi connectivity index (χ4n) is 5.89. The van der Waals surface area contributed by atoms with E-state index < -0.39 is 68.5 Å². The largest absolute Gasteiger partial charge is 0.507 e. The third-order valence-electron chi connectivity index (χ3n) is 8.44. The Morgan fingerprint density at radius 3 is 2.13 bits per heavy atom. The number of rotatable bonds is 8. The SMILES string of the molecule is COc1c2cc(c(OC3OC(COC4OC(CO)C(O)C4O)C(O)C(O)C3O)c1OC)CCC/C=C/CCc1ccc(O)c-2c1. The van der Waals surface area contributed by atoms with Crippen molar-refractivity contribution in [1.29, 1.82) is 0 Å². The zero-order chi connectivity index (χ0) is 32.2. The van der Waals surface area contributed by atoms with E-state index in [0.717, 1.165) is 31.2 Å². The lowest BCUT2D eigenvalue weighted by molar-refractivity contribution is -0.290.